The molecule has 0 aliphatic rings. The summed E-state index contributed by atoms with van der Waals surface area (Å²) in [6.45, 7) is 0.112. The van der Waals surface area contributed by atoms with Gasteiger partial charge in [-0.15, -0.1) is 0 Å². The lowest BCUT2D eigenvalue weighted by molar-refractivity contribution is -0.173. The van der Waals surface area contributed by atoms with Crippen molar-refractivity contribution in [1.29, 1.82) is 0 Å². The molecular formula is C17H26F3NOS. The van der Waals surface area contributed by atoms with Crippen molar-refractivity contribution in [3.8, 4) is 0 Å². The fraction of sp³-hybridized carbons (Fsp3) is 0.706. The molecule has 1 aromatic rings. The van der Waals surface area contributed by atoms with Crippen molar-refractivity contribution in [2.24, 2.45) is 0 Å². The molecule has 0 bridgehead atoms. The highest BCUT2D eigenvalue weighted by Crippen LogP contribution is 2.15. The van der Waals surface area contributed by atoms with Crippen LogP contribution in [0.3, 0.4) is 0 Å². The Hall–Kier alpha value is -1.04. The van der Waals surface area contributed by atoms with Crippen LogP contribution < -0.4 is 5.32 Å². The van der Waals surface area contributed by atoms with E-state index in [4.69, 9.17) is 0 Å². The smallest absolute Gasteiger partial charge is 0.348 e. The molecular weight excluding hydrogens is 323 g/mol. The van der Waals surface area contributed by atoms with Gasteiger partial charge in [0.25, 0.3) is 0 Å². The number of thiophene rings is 1. The topological polar surface area (TPSA) is 29.1 Å². The predicted molar refractivity (Wildman–Crippen MR) is 88.6 cm³/mol. The van der Waals surface area contributed by atoms with Gasteiger partial charge >= 0.3 is 12.1 Å². The van der Waals surface area contributed by atoms with Crippen LogP contribution in [0.1, 0.15) is 63.4 Å². The molecule has 23 heavy (non-hydrogen) atoms. The molecule has 0 saturated heterocycles. The number of amides is 1. The van der Waals surface area contributed by atoms with E-state index in [9.17, 15) is 18.0 Å². The molecule has 0 aliphatic heterocycles. The number of nitrogens with one attached hydrogen (secondary N) is 1. The Morgan fingerprint density at radius 2 is 1.52 bits per heavy atom. The van der Waals surface area contributed by atoms with E-state index in [0.29, 0.717) is 6.42 Å². The maximum absolute atomic E-state index is 11.9. The normalized spacial score (nSPS) is 11.6. The highest BCUT2D eigenvalue weighted by atomic mass is 32.1. The van der Waals surface area contributed by atoms with Gasteiger partial charge in [0.1, 0.15) is 0 Å². The minimum atomic E-state index is -4.76. The molecule has 2 nitrogen and oxygen atoms in total. The molecule has 0 radical (unpaired) electrons. The SMILES string of the molecule is O=C(NCCCCCCCCCCCc1ccsc1)C(F)(F)F. The van der Waals surface area contributed by atoms with E-state index in [1.165, 1.54) is 44.1 Å². The third kappa shape index (κ3) is 10.4. The lowest BCUT2D eigenvalue weighted by Gasteiger charge is -2.07. The summed E-state index contributed by atoms with van der Waals surface area (Å²) in [6, 6.07) is 2.18. The fourth-order valence-electron chi connectivity index (χ4n) is 2.43. The Morgan fingerprint density at radius 3 is 2.04 bits per heavy atom. The molecule has 0 unspecified atom stereocenters. The van der Waals surface area contributed by atoms with E-state index in [1.807, 2.05) is 5.32 Å². The number of carbonyl (C=O) groups is 1. The molecule has 0 aromatic carbocycles. The Balaban J connectivity index is 1.79. The van der Waals surface area contributed by atoms with E-state index in [0.717, 1.165) is 19.3 Å². The van der Waals surface area contributed by atoms with Gasteiger partial charge in [-0.25, -0.2) is 0 Å². The van der Waals surface area contributed by atoms with Crippen molar-refractivity contribution >= 4 is 17.2 Å². The molecule has 1 N–H and O–H groups in total. The summed E-state index contributed by atoms with van der Waals surface area (Å²) in [5, 5.41) is 6.22. The molecule has 1 heterocycles. The van der Waals surface area contributed by atoms with E-state index in [-0.39, 0.29) is 6.54 Å². The molecule has 0 fully saturated rings. The summed E-state index contributed by atoms with van der Waals surface area (Å²) in [4.78, 5) is 10.6. The lowest BCUT2D eigenvalue weighted by atomic mass is 10.1. The zero-order chi connectivity index (χ0) is 17.0. The van der Waals surface area contributed by atoms with E-state index in [2.05, 4.69) is 16.8 Å². The molecule has 132 valence electrons. The minimum Gasteiger partial charge on any atom is -0.348 e. The van der Waals surface area contributed by atoms with Gasteiger partial charge in [-0.1, -0.05) is 44.9 Å². The lowest BCUT2D eigenvalue weighted by Crippen LogP contribution is -2.37. The van der Waals surface area contributed by atoms with Gasteiger partial charge in [-0.3, -0.25) is 4.79 Å². The van der Waals surface area contributed by atoms with Gasteiger partial charge in [0.2, 0.25) is 0 Å². The van der Waals surface area contributed by atoms with Crippen LogP contribution in [0.4, 0.5) is 13.2 Å². The number of aryl methyl sites for hydroxylation is 1. The summed E-state index contributed by atoms with van der Waals surface area (Å²) in [5.41, 5.74) is 1.44. The van der Waals surface area contributed by atoms with Crippen molar-refractivity contribution in [3.63, 3.8) is 0 Å². The summed E-state index contributed by atoms with van der Waals surface area (Å²) in [7, 11) is 0. The second kappa shape index (κ2) is 11.5. The Morgan fingerprint density at radius 1 is 0.957 bits per heavy atom. The summed E-state index contributed by atoms with van der Waals surface area (Å²) in [5.74, 6) is -1.83. The van der Waals surface area contributed by atoms with Crippen molar-refractivity contribution < 1.29 is 18.0 Å². The number of unbranched alkanes of at least 4 members (excludes halogenated alkanes) is 8. The minimum absolute atomic E-state index is 0.112. The first-order valence-electron chi connectivity index (χ1n) is 8.36. The van der Waals surface area contributed by atoms with Gasteiger partial charge in [0, 0.05) is 6.54 Å². The second-order valence-electron chi connectivity index (χ2n) is 5.82. The van der Waals surface area contributed by atoms with Gasteiger partial charge < -0.3 is 5.32 Å². The van der Waals surface area contributed by atoms with Crippen molar-refractivity contribution in [3.05, 3.63) is 22.4 Å². The third-order valence-corrected chi connectivity index (χ3v) is 4.50. The monoisotopic (exact) mass is 349 g/mol. The predicted octanol–water partition coefficient (Wildman–Crippen LogP) is 5.48. The highest BCUT2D eigenvalue weighted by molar-refractivity contribution is 7.07. The van der Waals surface area contributed by atoms with Crippen LogP contribution in [0.2, 0.25) is 0 Å². The van der Waals surface area contributed by atoms with Crippen molar-refractivity contribution in [2.75, 3.05) is 6.54 Å². The zero-order valence-corrected chi connectivity index (χ0v) is 14.3. The molecule has 0 saturated carbocycles. The van der Waals surface area contributed by atoms with E-state index >= 15 is 0 Å². The van der Waals surface area contributed by atoms with Gasteiger partial charge in [-0.2, -0.15) is 24.5 Å². The molecule has 1 rings (SSSR count). The number of halogens is 3. The van der Waals surface area contributed by atoms with Crippen LogP contribution >= 0.6 is 11.3 Å². The first-order chi connectivity index (χ1) is 11.0. The maximum atomic E-state index is 11.9. The summed E-state index contributed by atoms with van der Waals surface area (Å²) < 4.78 is 35.8. The number of alkyl halides is 3. The quantitative estimate of drug-likeness (QED) is 0.497. The first-order valence-corrected chi connectivity index (χ1v) is 9.30. The molecule has 6 heteroatoms. The number of hydrogen-bond donors (Lipinski definition) is 1. The molecule has 0 atom stereocenters. The van der Waals surface area contributed by atoms with Crippen molar-refractivity contribution in [1.82, 2.24) is 5.32 Å². The van der Waals surface area contributed by atoms with Crippen molar-refractivity contribution in [2.45, 2.75) is 70.4 Å². The van der Waals surface area contributed by atoms with Crippen LogP contribution in [0.25, 0.3) is 0 Å². The van der Waals surface area contributed by atoms with Gasteiger partial charge in [0.15, 0.2) is 0 Å². The average Bonchev–Trinajstić information content (AvgIpc) is 3.00. The van der Waals surface area contributed by atoms with Crippen LogP contribution in [-0.2, 0) is 11.2 Å². The summed E-state index contributed by atoms with van der Waals surface area (Å²) in [6.07, 6.45) is 6.23. The highest BCUT2D eigenvalue weighted by Gasteiger charge is 2.38. The Labute approximate surface area is 140 Å². The number of hydrogen-bond acceptors (Lipinski definition) is 2. The molecule has 0 aliphatic carbocycles. The van der Waals surface area contributed by atoms with Gasteiger partial charge in [0.05, 0.1) is 0 Å². The zero-order valence-electron chi connectivity index (χ0n) is 13.5. The largest absolute Gasteiger partial charge is 0.471 e. The molecule has 1 amide bonds. The number of carbonyl (C=O) groups excluding carboxylic acids is 1. The van der Waals surface area contributed by atoms with Crippen LogP contribution in [-0.4, -0.2) is 18.6 Å². The molecule has 0 spiro atoms. The number of rotatable bonds is 12. The fourth-order valence-corrected chi connectivity index (χ4v) is 3.13. The van der Waals surface area contributed by atoms with E-state index in [1.54, 1.807) is 11.3 Å². The van der Waals surface area contributed by atoms with Crippen LogP contribution in [0.15, 0.2) is 16.8 Å². The van der Waals surface area contributed by atoms with E-state index < -0.39 is 12.1 Å². The third-order valence-electron chi connectivity index (χ3n) is 3.77. The summed E-state index contributed by atoms with van der Waals surface area (Å²) >= 11 is 1.75. The Bertz CT molecular complexity index is 418. The maximum Gasteiger partial charge on any atom is 0.471 e. The Kier molecular flexibility index (Phi) is 9.99. The average molecular weight is 349 g/mol. The first kappa shape index (κ1) is 20.0. The molecule has 1 aromatic heterocycles. The van der Waals surface area contributed by atoms with Crippen LogP contribution in [0.5, 0.6) is 0 Å². The standard InChI is InChI=1S/C17H26F3NOS/c18-17(19,20)16(22)21-12-9-7-5-3-1-2-4-6-8-10-15-11-13-23-14-15/h11,13-14H,1-10,12H2,(H,21,22). The van der Waals surface area contributed by atoms with Crippen LogP contribution in [0, 0.1) is 0 Å². The second-order valence-corrected chi connectivity index (χ2v) is 6.60. The van der Waals surface area contributed by atoms with Gasteiger partial charge in [-0.05, 0) is 41.7 Å².